The molecule has 0 saturated carbocycles. The van der Waals surface area contributed by atoms with E-state index in [2.05, 4.69) is 53.7 Å². The summed E-state index contributed by atoms with van der Waals surface area (Å²) in [6.07, 6.45) is 2.15. The molecule has 1 fully saturated rings. The van der Waals surface area contributed by atoms with Crippen LogP contribution < -0.4 is 10.2 Å². The fraction of sp³-hybridized carbons (Fsp3) is 0.750. The van der Waals surface area contributed by atoms with Crippen molar-refractivity contribution in [2.75, 3.05) is 24.5 Å². The van der Waals surface area contributed by atoms with Gasteiger partial charge in [-0.15, -0.1) is 0 Å². The Hall–Kier alpha value is -1.03. The van der Waals surface area contributed by atoms with Crippen molar-refractivity contribution in [2.45, 2.75) is 39.8 Å². The van der Waals surface area contributed by atoms with Crippen molar-refractivity contribution >= 4 is 5.95 Å². The molecule has 1 aromatic heterocycles. The summed E-state index contributed by atoms with van der Waals surface area (Å²) in [6.45, 7) is 11.8. The second kappa shape index (κ2) is 4.45. The number of rotatable bonds is 2. The molecule has 1 aliphatic heterocycles. The fourth-order valence-corrected chi connectivity index (χ4v) is 2.23. The van der Waals surface area contributed by atoms with Crippen molar-refractivity contribution in [3.8, 4) is 0 Å². The maximum absolute atomic E-state index is 4.65. The van der Waals surface area contributed by atoms with E-state index in [1.165, 1.54) is 0 Å². The van der Waals surface area contributed by atoms with E-state index in [-0.39, 0.29) is 0 Å². The number of imidazole rings is 1. The molecule has 1 atom stereocenters. The standard InChI is InChI=1S/C12H22N4/c1-9(2)16-8-11(4)14-12(16)15-6-5-13-10(3)7-15/h8-10,13H,5-7H2,1-4H3. The average molecular weight is 222 g/mol. The van der Waals surface area contributed by atoms with Gasteiger partial charge in [0.05, 0.1) is 5.69 Å². The summed E-state index contributed by atoms with van der Waals surface area (Å²) in [7, 11) is 0. The van der Waals surface area contributed by atoms with Crippen LogP contribution in [0.3, 0.4) is 0 Å². The molecule has 1 N–H and O–H groups in total. The summed E-state index contributed by atoms with van der Waals surface area (Å²) in [5.41, 5.74) is 1.11. The van der Waals surface area contributed by atoms with Crippen molar-refractivity contribution in [1.29, 1.82) is 0 Å². The molecule has 1 unspecified atom stereocenters. The highest BCUT2D eigenvalue weighted by Gasteiger charge is 2.21. The molecule has 90 valence electrons. The van der Waals surface area contributed by atoms with Gasteiger partial charge in [0.2, 0.25) is 5.95 Å². The lowest BCUT2D eigenvalue weighted by molar-refractivity contribution is 0.468. The van der Waals surface area contributed by atoms with Gasteiger partial charge < -0.3 is 14.8 Å². The van der Waals surface area contributed by atoms with E-state index in [0.29, 0.717) is 12.1 Å². The number of piperazine rings is 1. The molecule has 1 aromatic rings. The molecule has 1 aliphatic rings. The normalized spacial score (nSPS) is 21.8. The first-order valence-corrected chi connectivity index (χ1v) is 6.11. The molecule has 2 heterocycles. The first-order valence-electron chi connectivity index (χ1n) is 6.11. The molecule has 1 saturated heterocycles. The Labute approximate surface area is 97.7 Å². The van der Waals surface area contributed by atoms with Crippen LogP contribution in [0.4, 0.5) is 5.95 Å². The van der Waals surface area contributed by atoms with Gasteiger partial charge in [0, 0.05) is 37.9 Å². The van der Waals surface area contributed by atoms with Gasteiger partial charge in [0.15, 0.2) is 0 Å². The van der Waals surface area contributed by atoms with E-state index in [4.69, 9.17) is 0 Å². The minimum absolute atomic E-state index is 0.474. The highest BCUT2D eigenvalue weighted by Crippen LogP contribution is 2.20. The maximum Gasteiger partial charge on any atom is 0.206 e. The molecular weight excluding hydrogens is 200 g/mol. The maximum atomic E-state index is 4.65. The Morgan fingerprint density at radius 2 is 2.25 bits per heavy atom. The number of anilines is 1. The van der Waals surface area contributed by atoms with Crippen LogP contribution in [0.1, 0.15) is 32.5 Å². The smallest absolute Gasteiger partial charge is 0.206 e. The van der Waals surface area contributed by atoms with Crippen LogP contribution in [0.15, 0.2) is 6.20 Å². The third kappa shape index (κ3) is 2.21. The highest BCUT2D eigenvalue weighted by atomic mass is 15.3. The first kappa shape index (κ1) is 11.5. The Bertz CT molecular complexity index is 356. The summed E-state index contributed by atoms with van der Waals surface area (Å²) < 4.78 is 2.27. The molecule has 0 aromatic carbocycles. The third-order valence-electron chi connectivity index (χ3n) is 3.04. The van der Waals surface area contributed by atoms with E-state index in [1.807, 2.05) is 0 Å². The summed E-state index contributed by atoms with van der Waals surface area (Å²) in [4.78, 5) is 7.03. The van der Waals surface area contributed by atoms with Crippen LogP contribution in [-0.4, -0.2) is 35.2 Å². The predicted octanol–water partition coefficient (Wildman–Crippen LogP) is 1.57. The van der Waals surface area contributed by atoms with E-state index in [9.17, 15) is 0 Å². The van der Waals surface area contributed by atoms with E-state index in [0.717, 1.165) is 31.3 Å². The van der Waals surface area contributed by atoms with E-state index in [1.54, 1.807) is 0 Å². The molecule has 4 nitrogen and oxygen atoms in total. The van der Waals surface area contributed by atoms with Crippen LogP contribution in [-0.2, 0) is 0 Å². The predicted molar refractivity (Wildman–Crippen MR) is 67.0 cm³/mol. The zero-order valence-corrected chi connectivity index (χ0v) is 10.7. The number of nitrogens with one attached hydrogen (secondary N) is 1. The van der Waals surface area contributed by atoms with Gasteiger partial charge >= 0.3 is 0 Å². The Morgan fingerprint density at radius 1 is 1.50 bits per heavy atom. The summed E-state index contributed by atoms with van der Waals surface area (Å²) in [5, 5.41) is 3.46. The largest absolute Gasteiger partial charge is 0.339 e. The first-order chi connectivity index (χ1) is 7.58. The van der Waals surface area contributed by atoms with Gasteiger partial charge in [-0.25, -0.2) is 4.98 Å². The van der Waals surface area contributed by atoms with Gasteiger partial charge in [-0.2, -0.15) is 0 Å². The number of hydrogen-bond acceptors (Lipinski definition) is 3. The third-order valence-corrected chi connectivity index (χ3v) is 3.04. The second-order valence-corrected chi connectivity index (χ2v) is 4.98. The lowest BCUT2D eigenvalue weighted by Gasteiger charge is -2.33. The van der Waals surface area contributed by atoms with Crippen LogP contribution in [0.2, 0.25) is 0 Å². The minimum Gasteiger partial charge on any atom is -0.339 e. The molecule has 0 amide bonds. The summed E-state index contributed by atoms with van der Waals surface area (Å²) in [5.74, 6) is 1.13. The second-order valence-electron chi connectivity index (χ2n) is 4.98. The fourth-order valence-electron chi connectivity index (χ4n) is 2.23. The zero-order chi connectivity index (χ0) is 11.7. The van der Waals surface area contributed by atoms with Crippen LogP contribution in [0.5, 0.6) is 0 Å². The van der Waals surface area contributed by atoms with Crippen molar-refractivity contribution in [2.24, 2.45) is 0 Å². The molecule has 0 spiro atoms. The zero-order valence-electron chi connectivity index (χ0n) is 10.7. The number of hydrogen-bond donors (Lipinski definition) is 1. The number of aryl methyl sites for hydroxylation is 1. The lowest BCUT2D eigenvalue weighted by Crippen LogP contribution is -2.50. The van der Waals surface area contributed by atoms with Gasteiger partial charge in [-0.1, -0.05) is 0 Å². The van der Waals surface area contributed by atoms with Crippen LogP contribution in [0, 0.1) is 6.92 Å². The van der Waals surface area contributed by atoms with Crippen molar-refractivity contribution in [3.05, 3.63) is 11.9 Å². The Balaban J connectivity index is 2.24. The molecule has 0 radical (unpaired) electrons. The van der Waals surface area contributed by atoms with E-state index < -0.39 is 0 Å². The van der Waals surface area contributed by atoms with E-state index >= 15 is 0 Å². The van der Waals surface area contributed by atoms with Crippen molar-refractivity contribution < 1.29 is 0 Å². The minimum atomic E-state index is 0.474. The highest BCUT2D eigenvalue weighted by molar-refractivity contribution is 5.35. The summed E-state index contributed by atoms with van der Waals surface area (Å²) in [6, 6.07) is 1.02. The molecular formula is C12H22N4. The SMILES string of the molecule is Cc1cn(C(C)C)c(N2CCNC(C)C2)n1. The number of nitrogens with zero attached hydrogens (tertiary/aromatic N) is 3. The Kier molecular flexibility index (Phi) is 3.19. The van der Waals surface area contributed by atoms with Crippen molar-refractivity contribution in [3.63, 3.8) is 0 Å². The lowest BCUT2D eigenvalue weighted by atomic mass is 10.2. The molecule has 0 aliphatic carbocycles. The molecule has 16 heavy (non-hydrogen) atoms. The summed E-state index contributed by atoms with van der Waals surface area (Å²) >= 11 is 0. The van der Waals surface area contributed by atoms with Crippen molar-refractivity contribution in [1.82, 2.24) is 14.9 Å². The van der Waals surface area contributed by atoms with Gasteiger partial charge in [-0.3, -0.25) is 0 Å². The van der Waals surface area contributed by atoms with Gasteiger partial charge in [-0.05, 0) is 27.7 Å². The molecule has 2 rings (SSSR count). The monoisotopic (exact) mass is 222 g/mol. The Morgan fingerprint density at radius 3 is 2.88 bits per heavy atom. The molecule has 4 heteroatoms. The van der Waals surface area contributed by atoms with Gasteiger partial charge in [0.25, 0.3) is 0 Å². The number of aromatic nitrogens is 2. The molecule has 0 bridgehead atoms. The topological polar surface area (TPSA) is 33.1 Å². The van der Waals surface area contributed by atoms with Crippen LogP contribution in [0.25, 0.3) is 0 Å². The quantitative estimate of drug-likeness (QED) is 0.824. The average Bonchev–Trinajstić information content (AvgIpc) is 2.60. The van der Waals surface area contributed by atoms with Gasteiger partial charge in [0.1, 0.15) is 0 Å². The van der Waals surface area contributed by atoms with Crippen LogP contribution >= 0.6 is 0 Å².